The van der Waals surface area contributed by atoms with Gasteiger partial charge in [-0.2, -0.15) is 0 Å². The summed E-state index contributed by atoms with van der Waals surface area (Å²) in [6.07, 6.45) is 3.32. The van der Waals surface area contributed by atoms with Gasteiger partial charge in [0.15, 0.2) is 0 Å². The first-order valence-electron chi connectivity index (χ1n) is 8.36. The molecule has 1 fully saturated rings. The van der Waals surface area contributed by atoms with Gasteiger partial charge >= 0.3 is 6.03 Å². The van der Waals surface area contributed by atoms with Crippen LogP contribution in [0.5, 0.6) is 0 Å². The number of nitrogens with zero attached hydrogens (tertiary/aromatic N) is 2. The van der Waals surface area contributed by atoms with E-state index in [1.54, 1.807) is 6.26 Å². The van der Waals surface area contributed by atoms with E-state index in [4.69, 9.17) is 14.7 Å². The summed E-state index contributed by atoms with van der Waals surface area (Å²) in [5, 5.41) is 7.05. The van der Waals surface area contributed by atoms with Crippen LogP contribution in [0.2, 0.25) is 0 Å². The molecule has 0 radical (unpaired) electrons. The number of carbonyl (C=O) groups excluding carboxylic acids is 1. The first-order valence-corrected chi connectivity index (χ1v) is 8.36. The summed E-state index contributed by atoms with van der Waals surface area (Å²) in [4.78, 5) is 14.1. The van der Waals surface area contributed by atoms with E-state index < -0.39 is 0 Å². The number of nitrogens with two attached hydrogens (primary N) is 1. The maximum atomic E-state index is 12.2. The Morgan fingerprint density at radius 3 is 2.83 bits per heavy atom. The normalized spacial score (nSPS) is 15.9. The molecular weight excluding hydrogens is 308 g/mol. The van der Waals surface area contributed by atoms with Gasteiger partial charge in [-0.25, -0.2) is 4.79 Å². The molecule has 0 bridgehead atoms. The summed E-state index contributed by atoms with van der Waals surface area (Å²) in [5.41, 5.74) is 7.86. The number of hydrogen-bond acceptors (Lipinski definition) is 5. The van der Waals surface area contributed by atoms with Gasteiger partial charge in [0, 0.05) is 24.6 Å². The third-order valence-corrected chi connectivity index (χ3v) is 4.52. The fourth-order valence-corrected chi connectivity index (χ4v) is 3.24. The van der Waals surface area contributed by atoms with Crippen LogP contribution < -0.4 is 11.1 Å². The van der Waals surface area contributed by atoms with Crippen LogP contribution in [0.25, 0.3) is 0 Å². The van der Waals surface area contributed by atoms with Crippen LogP contribution in [-0.2, 0) is 6.54 Å². The molecule has 2 amide bonds. The second kappa shape index (κ2) is 6.98. The van der Waals surface area contributed by atoms with Gasteiger partial charge in [0.05, 0.1) is 18.5 Å². The van der Waals surface area contributed by atoms with E-state index in [-0.39, 0.29) is 17.9 Å². The van der Waals surface area contributed by atoms with Crippen molar-refractivity contribution in [1.82, 2.24) is 15.4 Å². The number of rotatable bonds is 4. The zero-order valence-electron chi connectivity index (χ0n) is 14.1. The monoisotopic (exact) mass is 332 g/mol. The van der Waals surface area contributed by atoms with E-state index in [1.165, 1.54) is 0 Å². The molecular formula is C17H24N4O3. The Bertz CT molecular complexity index is 670. The van der Waals surface area contributed by atoms with E-state index in [9.17, 15) is 4.79 Å². The Balaban J connectivity index is 1.55. The molecule has 130 valence electrons. The van der Waals surface area contributed by atoms with E-state index in [2.05, 4.69) is 24.3 Å². The Morgan fingerprint density at radius 1 is 1.46 bits per heavy atom. The largest absolute Gasteiger partial charge is 0.467 e. The lowest BCUT2D eigenvalue weighted by atomic mass is 9.88. The number of hydrogen-bond donors (Lipinski definition) is 2. The van der Waals surface area contributed by atoms with Crippen molar-refractivity contribution in [2.75, 3.05) is 18.8 Å². The number of piperidine rings is 1. The molecule has 2 aromatic rings. The van der Waals surface area contributed by atoms with Crippen molar-refractivity contribution in [3.05, 3.63) is 35.4 Å². The average Bonchev–Trinajstić information content (AvgIpc) is 3.22. The first kappa shape index (κ1) is 16.4. The lowest BCUT2D eigenvalue weighted by Gasteiger charge is -2.31. The summed E-state index contributed by atoms with van der Waals surface area (Å²) in [7, 11) is 0. The lowest BCUT2D eigenvalue weighted by Crippen LogP contribution is -2.43. The number of anilines is 1. The van der Waals surface area contributed by atoms with Crippen molar-refractivity contribution in [3.8, 4) is 0 Å². The number of nitrogen functional groups attached to an aromatic ring is 1. The summed E-state index contributed by atoms with van der Waals surface area (Å²) in [5.74, 6) is 1.73. The highest BCUT2D eigenvalue weighted by atomic mass is 16.5. The summed E-state index contributed by atoms with van der Waals surface area (Å²) >= 11 is 0. The van der Waals surface area contributed by atoms with Gasteiger partial charge in [-0.3, -0.25) is 0 Å². The van der Waals surface area contributed by atoms with Gasteiger partial charge in [-0.1, -0.05) is 19.0 Å². The van der Waals surface area contributed by atoms with Crippen LogP contribution in [0.1, 0.15) is 55.5 Å². The molecule has 1 saturated heterocycles. The fourth-order valence-electron chi connectivity index (χ4n) is 3.24. The molecule has 0 unspecified atom stereocenters. The highest BCUT2D eigenvalue weighted by molar-refractivity contribution is 5.74. The topological polar surface area (TPSA) is 97.5 Å². The SMILES string of the molecule is CC(C)c1c(C2CCN(C(=O)NCc3ccco3)CC2)noc1N. The van der Waals surface area contributed by atoms with Crippen LogP contribution in [0.3, 0.4) is 0 Å². The number of likely N-dealkylation sites (tertiary alicyclic amines) is 1. The molecule has 0 aliphatic carbocycles. The zero-order chi connectivity index (χ0) is 17.1. The van der Waals surface area contributed by atoms with Gasteiger partial charge in [-0.05, 0) is 30.9 Å². The molecule has 7 heteroatoms. The minimum absolute atomic E-state index is 0.0615. The molecule has 3 rings (SSSR count). The minimum atomic E-state index is -0.0615. The third-order valence-electron chi connectivity index (χ3n) is 4.52. The van der Waals surface area contributed by atoms with Crippen molar-refractivity contribution < 1.29 is 13.7 Å². The van der Waals surface area contributed by atoms with Crippen LogP contribution in [0, 0.1) is 0 Å². The van der Waals surface area contributed by atoms with Gasteiger partial charge in [0.2, 0.25) is 5.88 Å². The van der Waals surface area contributed by atoms with Gasteiger partial charge in [0.25, 0.3) is 0 Å². The van der Waals surface area contributed by atoms with E-state index in [1.807, 2.05) is 17.0 Å². The number of amides is 2. The molecule has 0 saturated carbocycles. The van der Waals surface area contributed by atoms with Crippen molar-refractivity contribution in [2.24, 2.45) is 0 Å². The quantitative estimate of drug-likeness (QED) is 0.896. The highest BCUT2D eigenvalue weighted by Gasteiger charge is 2.29. The molecule has 3 heterocycles. The molecule has 2 aromatic heterocycles. The predicted octanol–water partition coefficient (Wildman–Crippen LogP) is 3.06. The Labute approximate surface area is 141 Å². The van der Waals surface area contributed by atoms with Crippen LogP contribution >= 0.6 is 0 Å². The maximum absolute atomic E-state index is 12.2. The number of carbonyl (C=O) groups is 1. The fraction of sp³-hybridized carbons (Fsp3) is 0.529. The number of furan rings is 1. The van der Waals surface area contributed by atoms with Crippen LogP contribution in [0.4, 0.5) is 10.7 Å². The van der Waals surface area contributed by atoms with Gasteiger partial charge in [-0.15, -0.1) is 0 Å². The molecule has 1 aliphatic rings. The number of urea groups is 1. The highest BCUT2D eigenvalue weighted by Crippen LogP contribution is 2.35. The third kappa shape index (κ3) is 3.39. The van der Waals surface area contributed by atoms with Crippen LogP contribution in [-0.4, -0.2) is 29.2 Å². The van der Waals surface area contributed by atoms with Gasteiger partial charge < -0.3 is 24.9 Å². The summed E-state index contributed by atoms with van der Waals surface area (Å²) < 4.78 is 10.4. The second-order valence-corrected chi connectivity index (χ2v) is 6.50. The maximum Gasteiger partial charge on any atom is 0.317 e. The second-order valence-electron chi connectivity index (χ2n) is 6.50. The minimum Gasteiger partial charge on any atom is -0.467 e. The van der Waals surface area contributed by atoms with Gasteiger partial charge in [0.1, 0.15) is 5.76 Å². The van der Waals surface area contributed by atoms with Crippen LogP contribution in [0.15, 0.2) is 27.3 Å². The lowest BCUT2D eigenvalue weighted by molar-refractivity contribution is 0.179. The van der Waals surface area contributed by atoms with E-state index >= 15 is 0 Å². The van der Waals surface area contributed by atoms with E-state index in [0.29, 0.717) is 25.5 Å². The van der Waals surface area contributed by atoms with Crippen molar-refractivity contribution >= 4 is 11.9 Å². The Morgan fingerprint density at radius 2 is 2.21 bits per heavy atom. The molecule has 0 atom stereocenters. The zero-order valence-corrected chi connectivity index (χ0v) is 14.1. The molecule has 7 nitrogen and oxygen atoms in total. The smallest absolute Gasteiger partial charge is 0.317 e. The molecule has 3 N–H and O–H groups in total. The Hall–Kier alpha value is -2.44. The molecule has 24 heavy (non-hydrogen) atoms. The van der Waals surface area contributed by atoms with Crippen molar-refractivity contribution in [3.63, 3.8) is 0 Å². The van der Waals surface area contributed by atoms with E-state index in [0.717, 1.165) is 29.9 Å². The number of aromatic nitrogens is 1. The summed E-state index contributed by atoms with van der Waals surface area (Å²) in [6.45, 7) is 5.97. The standard InChI is InChI=1S/C17H24N4O3/c1-11(2)14-15(20-24-16(14)18)12-5-7-21(8-6-12)17(22)19-10-13-4-3-9-23-13/h3-4,9,11-12H,5-8,10,18H2,1-2H3,(H,19,22). The Kier molecular flexibility index (Phi) is 4.78. The van der Waals surface area contributed by atoms with Crippen molar-refractivity contribution in [2.45, 2.75) is 45.1 Å². The molecule has 0 aromatic carbocycles. The predicted molar refractivity (Wildman–Crippen MR) is 89.5 cm³/mol. The molecule has 0 spiro atoms. The number of nitrogens with one attached hydrogen (secondary N) is 1. The van der Waals surface area contributed by atoms with Crippen molar-refractivity contribution in [1.29, 1.82) is 0 Å². The summed E-state index contributed by atoms with van der Waals surface area (Å²) in [6, 6.07) is 3.59. The average molecular weight is 332 g/mol. The molecule has 1 aliphatic heterocycles. The first-order chi connectivity index (χ1) is 11.6.